The SMILES string of the molecule is Cc1nnc2nc(N3CCCc4c(C#CC(C)(C)O)cc(F)cc43)c3c(F)cccc3n12. The molecule has 2 aromatic heterocycles. The zero-order chi connectivity index (χ0) is 22.6. The highest BCUT2D eigenvalue weighted by Gasteiger charge is 2.27. The first-order chi connectivity index (χ1) is 15.2. The van der Waals surface area contributed by atoms with Crippen molar-refractivity contribution in [2.45, 2.75) is 39.2 Å². The molecule has 0 unspecified atom stereocenters. The summed E-state index contributed by atoms with van der Waals surface area (Å²) in [4.78, 5) is 6.45. The minimum Gasteiger partial charge on any atom is -0.378 e. The minimum atomic E-state index is -1.20. The van der Waals surface area contributed by atoms with Gasteiger partial charge in [0, 0.05) is 17.8 Å². The molecule has 1 aliphatic heterocycles. The van der Waals surface area contributed by atoms with Crippen molar-refractivity contribution in [2.75, 3.05) is 11.4 Å². The Morgan fingerprint density at radius 2 is 1.97 bits per heavy atom. The van der Waals surface area contributed by atoms with Crippen molar-refractivity contribution in [3.05, 3.63) is 58.9 Å². The van der Waals surface area contributed by atoms with Crippen LogP contribution >= 0.6 is 0 Å². The van der Waals surface area contributed by atoms with Gasteiger partial charge in [0.15, 0.2) is 0 Å². The van der Waals surface area contributed by atoms with Crippen LogP contribution < -0.4 is 4.90 Å². The molecule has 1 N–H and O–H groups in total. The van der Waals surface area contributed by atoms with Gasteiger partial charge in [-0.15, -0.1) is 10.2 Å². The number of anilines is 2. The predicted octanol–water partition coefficient (Wildman–Crippen LogP) is 4.07. The summed E-state index contributed by atoms with van der Waals surface area (Å²) in [6, 6.07) is 7.61. The third kappa shape index (κ3) is 3.35. The zero-order valence-electron chi connectivity index (χ0n) is 17.9. The van der Waals surface area contributed by atoms with Gasteiger partial charge in [0.2, 0.25) is 0 Å². The molecule has 0 fully saturated rings. The standard InChI is InChI=1S/C24H21F2N5O/c1-14-28-29-23-27-22(21-18(26)7-4-8-19(21)31(14)23)30-11-5-6-17-15(9-10-24(2,3)32)12-16(25)13-20(17)30/h4,7-8,12-13,32H,5-6,11H2,1-3H3. The smallest absolute Gasteiger partial charge is 0.257 e. The molecule has 6 nitrogen and oxygen atoms in total. The number of hydrogen-bond donors (Lipinski definition) is 1. The summed E-state index contributed by atoms with van der Waals surface area (Å²) in [5.41, 5.74) is 1.34. The molecule has 2 aromatic carbocycles. The van der Waals surface area contributed by atoms with Crippen molar-refractivity contribution >= 4 is 28.2 Å². The number of halogens is 2. The van der Waals surface area contributed by atoms with E-state index < -0.39 is 17.2 Å². The zero-order valence-corrected chi connectivity index (χ0v) is 17.9. The molecule has 5 rings (SSSR count). The lowest BCUT2D eigenvalue weighted by Gasteiger charge is -2.32. The lowest BCUT2D eigenvalue weighted by molar-refractivity contribution is 0.143. The van der Waals surface area contributed by atoms with E-state index in [2.05, 4.69) is 27.0 Å². The molecule has 0 atom stereocenters. The molecule has 0 bridgehead atoms. The van der Waals surface area contributed by atoms with Gasteiger partial charge in [0.25, 0.3) is 5.78 Å². The highest BCUT2D eigenvalue weighted by molar-refractivity contribution is 5.94. The Morgan fingerprint density at radius 3 is 2.75 bits per heavy atom. The van der Waals surface area contributed by atoms with Crippen LogP contribution in [0.5, 0.6) is 0 Å². The largest absolute Gasteiger partial charge is 0.378 e. The lowest BCUT2D eigenvalue weighted by atomic mass is 9.95. The maximum absolute atomic E-state index is 15.1. The molecule has 0 aliphatic carbocycles. The Labute approximate surface area is 183 Å². The first-order valence-corrected chi connectivity index (χ1v) is 10.4. The fourth-order valence-corrected chi connectivity index (χ4v) is 4.18. The molecule has 0 saturated carbocycles. The van der Waals surface area contributed by atoms with Crippen molar-refractivity contribution in [2.24, 2.45) is 0 Å². The summed E-state index contributed by atoms with van der Waals surface area (Å²) in [7, 11) is 0. The summed E-state index contributed by atoms with van der Waals surface area (Å²) in [5, 5.41) is 18.5. The minimum absolute atomic E-state index is 0.323. The van der Waals surface area contributed by atoms with Crippen molar-refractivity contribution < 1.29 is 13.9 Å². The number of aromatic nitrogens is 4. The van der Waals surface area contributed by atoms with E-state index in [1.807, 2.05) is 4.90 Å². The monoisotopic (exact) mass is 433 g/mol. The first kappa shape index (κ1) is 20.3. The molecule has 32 heavy (non-hydrogen) atoms. The Balaban J connectivity index is 1.78. The van der Waals surface area contributed by atoms with Crippen LogP contribution in [0.15, 0.2) is 30.3 Å². The quantitative estimate of drug-likeness (QED) is 0.459. The van der Waals surface area contributed by atoms with Crippen LogP contribution in [0.4, 0.5) is 20.3 Å². The molecule has 0 amide bonds. The Bertz CT molecular complexity index is 1440. The topological polar surface area (TPSA) is 66.5 Å². The van der Waals surface area contributed by atoms with E-state index in [4.69, 9.17) is 0 Å². The van der Waals surface area contributed by atoms with Crippen molar-refractivity contribution in [1.29, 1.82) is 0 Å². The number of benzene rings is 2. The van der Waals surface area contributed by atoms with Crippen LogP contribution in [0.3, 0.4) is 0 Å². The molecular weight excluding hydrogens is 412 g/mol. The fourth-order valence-electron chi connectivity index (χ4n) is 4.18. The molecule has 0 radical (unpaired) electrons. The summed E-state index contributed by atoms with van der Waals surface area (Å²) in [6.07, 6.45) is 1.44. The van der Waals surface area contributed by atoms with Crippen molar-refractivity contribution in [1.82, 2.24) is 19.6 Å². The van der Waals surface area contributed by atoms with Gasteiger partial charge in [-0.3, -0.25) is 4.40 Å². The number of rotatable bonds is 1. The summed E-state index contributed by atoms with van der Waals surface area (Å²) in [6.45, 7) is 5.47. The molecule has 0 spiro atoms. The Hall–Kier alpha value is -3.57. The summed E-state index contributed by atoms with van der Waals surface area (Å²) >= 11 is 0. The van der Waals surface area contributed by atoms with Gasteiger partial charge in [0.05, 0.1) is 10.9 Å². The number of aliphatic hydroxyl groups is 1. The van der Waals surface area contributed by atoms with Gasteiger partial charge in [0.1, 0.15) is 28.9 Å². The molecule has 1 aliphatic rings. The molecule has 4 aromatic rings. The third-order valence-electron chi connectivity index (χ3n) is 5.52. The third-order valence-corrected chi connectivity index (χ3v) is 5.52. The van der Waals surface area contributed by atoms with Gasteiger partial charge >= 0.3 is 0 Å². The van der Waals surface area contributed by atoms with E-state index in [-0.39, 0.29) is 0 Å². The lowest BCUT2D eigenvalue weighted by Crippen LogP contribution is -2.27. The van der Waals surface area contributed by atoms with Crippen LogP contribution in [0, 0.1) is 30.4 Å². The van der Waals surface area contributed by atoms with E-state index in [0.29, 0.717) is 52.5 Å². The van der Waals surface area contributed by atoms with E-state index in [0.717, 1.165) is 12.0 Å². The molecular formula is C24H21F2N5O. The van der Waals surface area contributed by atoms with Gasteiger partial charge in [-0.1, -0.05) is 17.9 Å². The van der Waals surface area contributed by atoms with Gasteiger partial charge in [-0.25, -0.2) is 8.78 Å². The average molecular weight is 433 g/mol. The maximum Gasteiger partial charge on any atom is 0.257 e. The van der Waals surface area contributed by atoms with Gasteiger partial charge in [-0.2, -0.15) is 4.98 Å². The van der Waals surface area contributed by atoms with E-state index in [1.54, 1.807) is 37.3 Å². The van der Waals surface area contributed by atoms with E-state index in [1.165, 1.54) is 18.2 Å². The van der Waals surface area contributed by atoms with Crippen LogP contribution in [0.25, 0.3) is 16.7 Å². The highest BCUT2D eigenvalue weighted by Crippen LogP contribution is 2.39. The van der Waals surface area contributed by atoms with Crippen molar-refractivity contribution in [3.8, 4) is 11.8 Å². The number of fused-ring (bicyclic) bond motifs is 4. The average Bonchev–Trinajstić information content (AvgIpc) is 3.11. The summed E-state index contributed by atoms with van der Waals surface area (Å²) in [5.74, 6) is 6.11. The Kier molecular flexibility index (Phi) is 4.60. The van der Waals surface area contributed by atoms with Crippen LogP contribution in [-0.2, 0) is 6.42 Å². The second-order valence-electron chi connectivity index (χ2n) is 8.47. The van der Waals surface area contributed by atoms with Crippen LogP contribution in [0.2, 0.25) is 0 Å². The predicted molar refractivity (Wildman–Crippen MR) is 118 cm³/mol. The normalized spacial score (nSPS) is 13.9. The second kappa shape index (κ2) is 7.24. The number of aryl methyl sites for hydroxylation is 1. The Morgan fingerprint density at radius 1 is 1.16 bits per heavy atom. The molecule has 8 heteroatoms. The highest BCUT2D eigenvalue weighted by atomic mass is 19.1. The molecule has 162 valence electrons. The molecule has 3 heterocycles. The second-order valence-corrected chi connectivity index (χ2v) is 8.47. The van der Waals surface area contributed by atoms with Crippen molar-refractivity contribution in [3.63, 3.8) is 0 Å². The van der Waals surface area contributed by atoms with E-state index >= 15 is 4.39 Å². The first-order valence-electron chi connectivity index (χ1n) is 10.4. The molecule has 0 saturated heterocycles. The number of hydrogen-bond acceptors (Lipinski definition) is 5. The van der Waals surface area contributed by atoms with Crippen LogP contribution in [-0.4, -0.2) is 36.8 Å². The van der Waals surface area contributed by atoms with Gasteiger partial charge < -0.3 is 10.0 Å². The van der Waals surface area contributed by atoms with E-state index in [9.17, 15) is 9.50 Å². The maximum atomic E-state index is 15.1. The fraction of sp³-hybridized carbons (Fsp3) is 0.292. The summed E-state index contributed by atoms with van der Waals surface area (Å²) < 4.78 is 31.5. The van der Waals surface area contributed by atoms with Crippen LogP contribution in [0.1, 0.15) is 37.2 Å². The number of nitrogens with zero attached hydrogens (tertiary/aromatic N) is 5. The van der Waals surface area contributed by atoms with Gasteiger partial charge in [-0.05, 0) is 63.4 Å².